The molecular weight excluding hydrogens is 250 g/mol. The van der Waals surface area contributed by atoms with Crippen molar-refractivity contribution in [3.05, 3.63) is 15.6 Å². The van der Waals surface area contributed by atoms with Gasteiger partial charge in [0.25, 0.3) is 0 Å². The van der Waals surface area contributed by atoms with E-state index in [2.05, 4.69) is 15.8 Å². The Hall–Kier alpha value is -1.14. The van der Waals surface area contributed by atoms with Gasteiger partial charge in [-0.05, 0) is 41.5 Å². The van der Waals surface area contributed by atoms with Crippen LogP contribution in [-0.2, 0) is 4.74 Å². The van der Waals surface area contributed by atoms with Gasteiger partial charge in [-0.2, -0.15) is 0 Å². The Morgan fingerprint density at radius 2 is 2.00 bits per heavy atom. The number of nitrogens with zero attached hydrogens (tertiary/aromatic N) is 1. The van der Waals surface area contributed by atoms with Crippen LogP contribution in [0.15, 0.2) is 0 Å². The van der Waals surface area contributed by atoms with Gasteiger partial charge in [-0.1, -0.05) is 0 Å². The Morgan fingerprint density at radius 1 is 1.39 bits per heavy atom. The Morgan fingerprint density at radius 3 is 2.44 bits per heavy atom. The predicted octanol–water partition coefficient (Wildman–Crippen LogP) is 2.85. The van der Waals surface area contributed by atoms with E-state index >= 15 is 0 Å². The zero-order valence-electron chi connectivity index (χ0n) is 11.7. The van der Waals surface area contributed by atoms with Gasteiger partial charge in [-0.15, -0.1) is 11.3 Å². The average Bonchev–Trinajstić information content (AvgIpc) is 2.52. The quantitative estimate of drug-likeness (QED) is 0.830. The lowest BCUT2D eigenvalue weighted by Gasteiger charge is -2.21. The standard InChI is InChI=1S/C12H21N3O2S/c1-7(10-8(2)18-9(3)13-10)14-15-11(16)17-12(4,5)6/h7,14H,1-6H3,(H,15,16). The van der Waals surface area contributed by atoms with Crippen LogP contribution in [0.4, 0.5) is 4.79 Å². The minimum atomic E-state index is -0.498. The first-order chi connectivity index (χ1) is 8.19. The van der Waals surface area contributed by atoms with Crippen LogP contribution < -0.4 is 10.9 Å². The van der Waals surface area contributed by atoms with Crippen LogP contribution in [0.3, 0.4) is 0 Å². The average molecular weight is 271 g/mol. The minimum absolute atomic E-state index is 0.0533. The van der Waals surface area contributed by atoms with E-state index in [0.29, 0.717) is 0 Å². The summed E-state index contributed by atoms with van der Waals surface area (Å²) in [6.07, 6.45) is -0.487. The van der Waals surface area contributed by atoms with Crippen LogP contribution in [0.2, 0.25) is 0 Å². The summed E-state index contributed by atoms with van der Waals surface area (Å²) in [7, 11) is 0. The molecule has 0 bridgehead atoms. The first-order valence-corrected chi connectivity index (χ1v) is 6.69. The lowest BCUT2D eigenvalue weighted by Crippen LogP contribution is -2.42. The molecule has 0 radical (unpaired) electrons. The van der Waals surface area contributed by atoms with Gasteiger partial charge < -0.3 is 4.74 Å². The number of amides is 1. The lowest BCUT2D eigenvalue weighted by molar-refractivity contribution is 0.0489. The molecule has 5 nitrogen and oxygen atoms in total. The largest absolute Gasteiger partial charge is 0.443 e. The van der Waals surface area contributed by atoms with Crippen molar-refractivity contribution in [3.63, 3.8) is 0 Å². The molecule has 1 aromatic heterocycles. The van der Waals surface area contributed by atoms with Crippen molar-refractivity contribution < 1.29 is 9.53 Å². The van der Waals surface area contributed by atoms with Gasteiger partial charge >= 0.3 is 6.09 Å². The highest BCUT2D eigenvalue weighted by atomic mass is 32.1. The molecule has 0 fully saturated rings. The molecule has 0 aliphatic carbocycles. The second-order valence-electron chi connectivity index (χ2n) is 5.17. The van der Waals surface area contributed by atoms with Crippen LogP contribution in [0, 0.1) is 13.8 Å². The third kappa shape index (κ3) is 4.62. The van der Waals surface area contributed by atoms with Crippen molar-refractivity contribution in [2.45, 2.75) is 53.2 Å². The Labute approximate surface area is 112 Å². The van der Waals surface area contributed by atoms with Gasteiger partial charge in [0.05, 0.1) is 16.7 Å². The van der Waals surface area contributed by atoms with E-state index in [0.717, 1.165) is 15.6 Å². The third-order valence-corrected chi connectivity index (χ3v) is 3.04. The summed E-state index contributed by atoms with van der Waals surface area (Å²) in [6.45, 7) is 11.4. The van der Waals surface area contributed by atoms with Crippen LogP contribution in [-0.4, -0.2) is 16.7 Å². The summed E-state index contributed by atoms with van der Waals surface area (Å²) < 4.78 is 5.13. The van der Waals surface area contributed by atoms with Gasteiger partial charge in [0.15, 0.2) is 0 Å². The van der Waals surface area contributed by atoms with Gasteiger partial charge in [-0.3, -0.25) is 5.43 Å². The molecule has 1 amide bonds. The second-order valence-corrected chi connectivity index (χ2v) is 6.57. The summed E-state index contributed by atoms with van der Waals surface area (Å²) in [4.78, 5) is 17.0. The number of carbonyl (C=O) groups is 1. The highest BCUT2D eigenvalue weighted by Gasteiger charge is 2.18. The van der Waals surface area contributed by atoms with Crippen molar-refractivity contribution in [1.82, 2.24) is 15.8 Å². The van der Waals surface area contributed by atoms with Gasteiger partial charge in [-0.25, -0.2) is 15.2 Å². The number of nitrogens with one attached hydrogen (secondary N) is 2. The smallest absolute Gasteiger partial charge is 0.422 e. The van der Waals surface area contributed by atoms with E-state index in [9.17, 15) is 4.79 Å². The molecule has 0 aliphatic rings. The fourth-order valence-electron chi connectivity index (χ4n) is 1.49. The number of rotatable bonds is 3. The van der Waals surface area contributed by atoms with E-state index < -0.39 is 11.7 Å². The van der Waals surface area contributed by atoms with Gasteiger partial charge in [0.1, 0.15) is 5.60 Å². The topological polar surface area (TPSA) is 63.2 Å². The molecular formula is C12H21N3O2S. The maximum absolute atomic E-state index is 11.5. The van der Waals surface area contributed by atoms with E-state index in [1.807, 2.05) is 41.5 Å². The van der Waals surface area contributed by atoms with Crippen molar-refractivity contribution in [2.24, 2.45) is 0 Å². The van der Waals surface area contributed by atoms with Crippen molar-refractivity contribution in [1.29, 1.82) is 0 Å². The minimum Gasteiger partial charge on any atom is -0.443 e. The summed E-state index contributed by atoms with van der Waals surface area (Å²) >= 11 is 1.65. The number of aromatic nitrogens is 1. The maximum Gasteiger partial charge on any atom is 0.422 e. The molecule has 0 saturated carbocycles. The Balaban J connectivity index is 2.49. The highest BCUT2D eigenvalue weighted by Crippen LogP contribution is 2.21. The molecule has 1 heterocycles. The highest BCUT2D eigenvalue weighted by molar-refractivity contribution is 7.11. The van der Waals surface area contributed by atoms with E-state index in [1.165, 1.54) is 0 Å². The maximum atomic E-state index is 11.5. The number of hydrogen-bond donors (Lipinski definition) is 2. The molecule has 1 rings (SSSR count). The van der Waals surface area contributed by atoms with Gasteiger partial charge in [0, 0.05) is 4.88 Å². The zero-order chi connectivity index (χ0) is 13.9. The Kier molecular flexibility index (Phi) is 4.70. The zero-order valence-corrected chi connectivity index (χ0v) is 12.6. The number of thiazole rings is 1. The number of carbonyl (C=O) groups excluding carboxylic acids is 1. The molecule has 102 valence electrons. The lowest BCUT2D eigenvalue weighted by atomic mass is 10.2. The molecule has 1 unspecified atom stereocenters. The number of hydrazine groups is 1. The predicted molar refractivity (Wildman–Crippen MR) is 72.5 cm³/mol. The molecule has 0 saturated heterocycles. The fraction of sp³-hybridized carbons (Fsp3) is 0.667. The van der Waals surface area contributed by atoms with Crippen molar-refractivity contribution in [3.8, 4) is 0 Å². The fourth-order valence-corrected chi connectivity index (χ4v) is 2.40. The molecule has 1 atom stereocenters. The molecule has 6 heteroatoms. The Bertz CT molecular complexity index is 423. The number of aryl methyl sites for hydroxylation is 2. The SMILES string of the molecule is Cc1nc(C(C)NNC(=O)OC(C)(C)C)c(C)s1. The van der Waals surface area contributed by atoms with E-state index in [-0.39, 0.29) is 6.04 Å². The molecule has 1 aromatic rings. The van der Waals surface area contributed by atoms with E-state index in [1.54, 1.807) is 11.3 Å². The van der Waals surface area contributed by atoms with Gasteiger partial charge in [0.2, 0.25) is 0 Å². The first-order valence-electron chi connectivity index (χ1n) is 5.87. The van der Waals surface area contributed by atoms with Crippen LogP contribution in [0.1, 0.15) is 49.3 Å². The first kappa shape index (κ1) is 14.9. The molecule has 18 heavy (non-hydrogen) atoms. The van der Waals surface area contributed by atoms with E-state index in [4.69, 9.17) is 4.74 Å². The summed E-state index contributed by atoms with van der Waals surface area (Å²) in [6, 6.07) is -0.0533. The summed E-state index contributed by atoms with van der Waals surface area (Å²) in [5.41, 5.74) is 5.88. The normalized spacial score (nSPS) is 13.2. The van der Waals surface area contributed by atoms with Crippen molar-refractivity contribution >= 4 is 17.4 Å². The molecule has 0 spiro atoms. The number of ether oxygens (including phenoxy) is 1. The van der Waals surface area contributed by atoms with Crippen LogP contribution in [0.25, 0.3) is 0 Å². The van der Waals surface area contributed by atoms with Crippen molar-refractivity contribution in [2.75, 3.05) is 0 Å². The molecule has 0 aliphatic heterocycles. The number of hydrogen-bond acceptors (Lipinski definition) is 5. The molecule has 0 aromatic carbocycles. The monoisotopic (exact) mass is 271 g/mol. The van der Waals surface area contributed by atoms with Crippen LogP contribution in [0.5, 0.6) is 0 Å². The third-order valence-electron chi connectivity index (χ3n) is 2.14. The summed E-state index contributed by atoms with van der Waals surface area (Å²) in [5.74, 6) is 0. The summed E-state index contributed by atoms with van der Waals surface area (Å²) in [5, 5.41) is 1.02. The molecule has 2 N–H and O–H groups in total. The second kappa shape index (κ2) is 5.67. The van der Waals surface area contributed by atoms with Crippen LogP contribution >= 0.6 is 11.3 Å².